The van der Waals surface area contributed by atoms with Crippen molar-refractivity contribution < 1.29 is 4.74 Å². The molecule has 0 spiro atoms. The Morgan fingerprint density at radius 2 is 2.06 bits per heavy atom. The molecule has 0 aromatic heterocycles. The third-order valence-electron chi connectivity index (χ3n) is 4.11. The molecule has 0 saturated carbocycles. The van der Waals surface area contributed by atoms with E-state index in [2.05, 4.69) is 17.4 Å². The molecule has 2 aliphatic heterocycles. The Labute approximate surface area is 107 Å². The molecule has 17 heavy (non-hydrogen) atoms. The molecule has 0 bridgehead atoms. The summed E-state index contributed by atoms with van der Waals surface area (Å²) in [6.45, 7) is 2.72. The molecule has 1 atom stereocenters. The third-order valence-corrected chi connectivity index (χ3v) is 4.44. The molecule has 1 aromatic carbocycles. The molecule has 0 amide bonds. The fourth-order valence-corrected chi connectivity index (χ4v) is 3.38. The van der Waals surface area contributed by atoms with Crippen LogP contribution in [0, 0.1) is 0 Å². The van der Waals surface area contributed by atoms with Gasteiger partial charge in [-0.25, -0.2) is 0 Å². The fourth-order valence-electron chi connectivity index (χ4n) is 3.05. The Morgan fingerprint density at radius 3 is 2.65 bits per heavy atom. The number of halogens is 1. The highest BCUT2D eigenvalue weighted by molar-refractivity contribution is 6.31. The average molecular weight is 252 g/mol. The van der Waals surface area contributed by atoms with Crippen molar-refractivity contribution in [2.24, 2.45) is 0 Å². The number of rotatable bonds is 2. The van der Waals surface area contributed by atoms with Gasteiger partial charge in [0.25, 0.3) is 0 Å². The maximum atomic E-state index is 6.36. The highest BCUT2D eigenvalue weighted by atomic mass is 35.5. The summed E-state index contributed by atoms with van der Waals surface area (Å²) >= 11 is 6.36. The van der Waals surface area contributed by atoms with E-state index in [0.29, 0.717) is 6.04 Å². The summed E-state index contributed by atoms with van der Waals surface area (Å²) in [7, 11) is 0. The molecule has 2 nitrogen and oxygen atoms in total. The van der Waals surface area contributed by atoms with E-state index < -0.39 is 0 Å². The van der Waals surface area contributed by atoms with Crippen LogP contribution in [0.3, 0.4) is 0 Å². The van der Waals surface area contributed by atoms with Gasteiger partial charge in [0.05, 0.1) is 18.6 Å². The summed E-state index contributed by atoms with van der Waals surface area (Å²) in [4.78, 5) is 0. The lowest BCUT2D eigenvalue weighted by atomic mass is 9.70. The van der Waals surface area contributed by atoms with E-state index in [9.17, 15) is 0 Å². The van der Waals surface area contributed by atoms with Crippen LogP contribution in [0.15, 0.2) is 24.3 Å². The van der Waals surface area contributed by atoms with Crippen LogP contribution in [0.4, 0.5) is 0 Å². The number of ether oxygens (including phenoxy) is 1. The zero-order chi connectivity index (χ0) is 11.7. The topological polar surface area (TPSA) is 21.3 Å². The molecule has 1 unspecified atom stereocenters. The Bertz CT molecular complexity index is 397. The summed E-state index contributed by atoms with van der Waals surface area (Å²) in [6.07, 6.45) is 3.83. The first-order valence-corrected chi connectivity index (χ1v) is 6.77. The number of piperidine rings is 1. The van der Waals surface area contributed by atoms with Crippen LogP contribution in [-0.4, -0.2) is 25.8 Å². The second kappa shape index (κ2) is 4.60. The smallest absolute Gasteiger partial charge is 0.0601 e. The van der Waals surface area contributed by atoms with E-state index >= 15 is 0 Å². The van der Waals surface area contributed by atoms with Crippen LogP contribution in [0.5, 0.6) is 0 Å². The zero-order valence-corrected chi connectivity index (χ0v) is 10.7. The lowest BCUT2D eigenvalue weighted by Gasteiger charge is -2.49. The summed E-state index contributed by atoms with van der Waals surface area (Å²) < 4.78 is 5.50. The molecule has 3 rings (SSSR count). The molecule has 1 aromatic rings. The van der Waals surface area contributed by atoms with Crippen LogP contribution in [-0.2, 0) is 10.2 Å². The first-order chi connectivity index (χ1) is 8.33. The molecule has 0 radical (unpaired) electrons. The minimum Gasteiger partial charge on any atom is -0.379 e. The van der Waals surface area contributed by atoms with Gasteiger partial charge in [0, 0.05) is 11.1 Å². The van der Waals surface area contributed by atoms with Crippen molar-refractivity contribution in [3.8, 4) is 0 Å². The zero-order valence-electron chi connectivity index (χ0n) is 9.92. The maximum Gasteiger partial charge on any atom is 0.0601 e. The van der Waals surface area contributed by atoms with Crippen molar-refractivity contribution in [2.45, 2.75) is 30.7 Å². The second-order valence-corrected chi connectivity index (χ2v) is 5.54. The Kier molecular flexibility index (Phi) is 3.12. The first-order valence-electron chi connectivity index (χ1n) is 6.39. The standard InChI is InChI=1S/C14H18ClNO/c15-12-6-2-1-5-11(12)14(9-17-10-14)13-7-3-4-8-16-13/h1-2,5-6,13,16H,3-4,7-10H2. The Morgan fingerprint density at radius 1 is 1.24 bits per heavy atom. The Balaban J connectivity index is 1.93. The van der Waals surface area contributed by atoms with Gasteiger partial charge in [0.2, 0.25) is 0 Å². The van der Waals surface area contributed by atoms with Gasteiger partial charge in [0.1, 0.15) is 0 Å². The van der Waals surface area contributed by atoms with Gasteiger partial charge in [-0.1, -0.05) is 36.2 Å². The van der Waals surface area contributed by atoms with Crippen molar-refractivity contribution in [2.75, 3.05) is 19.8 Å². The normalized spacial score (nSPS) is 27.5. The van der Waals surface area contributed by atoms with E-state index in [0.717, 1.165) is 24.8 Å². The summed E-state index contributed by atoms with van der Waals surface area (Å²) in [5.74, 6) is 0. The molecule has 0 aliphatic carbocycles. The molecule has 2 aliphatic rings. The monoisotopic (exact) mass is 251 g/mol. The van der Waals surface area contributed by atoms with Crippen molar-refractivity contribution in [3.63, 3.8) is 0 Å². The minimum absolute atomic E-state index is 0.110. The third kappa shape index (κ3) is 1.88. The van der Waals surface area contributed by atoms with Gasteiger partial charge in [0.15, 0.2) is 0 Å². The quantitative estimate of drug-likeness (QED) is 0.873. The summed E-state index contributed by atoms with van der Waals surface area (Å²) in [5, 5.41) is 4.53. The SMILES string of the molecule is Clc1ccccc1C1(C2CCCCN2)COC1. The number of benzene rings is 1. The number of nitrogens with one attached hydrogen (secondary N) is 1. The van der Waals surface area contributed by atoms with Gasteiger partial charge in [-0.05, 0) is 31.0 Å². The van der Waals surface area contributed by atoms with E-state index in [1.165, 1.54) is 24.8 Å². The minimum atomic E-state index is 0.110. The second-order valence-electron chi connectivity index (χ2n) is 5.13. The van der Waals surface area contributed by atoms with Gasteiger partial charge in [-0.15, -0.1) is 0 Å². The van der Waals surface area contributed by atoms with Gasteiger partial charge < -0.3 is 10.1 Å². The van der Waals surface area contributed by atoms with Gasteiger partial charge in [-0.2, -0.15) is 0 Å². The summed E-state index contributed by atoms with van der Waals surface area (Å²) in [6, 6.07) is 8.73. The van der Waals surface area contributed by atoms with Crippen LogP contribution in [0.25, 0.3) is 0 Å². The first kappa shape index (κ1) is 11.5. The van der Waals surface area contributed by atoms with Crippen LogP contribution in [0.1, 0.15) is 24.8 Å². The number of hydrogen-bond donors (Lipinski definition) is 1. The average Bonchev–Trinajstić information content (AvgIpc) is 2.32. The van der Waals surface area contributed by atoms with Crippen molar-refractivity contribution in [1.29, 1.82) is 0 Å². The highest BCUT2D eigenvalue weighted by Crippen LogP contribution is 2.41. The molecule has 3 heteroatoms. The van der Waals surface area contributed by atoms with E-state index in [1.807, 2.05) is 12.1 Å². The molecule has 2 saturated heterocycles. The van der Waals surface area contributed by atoms with E-state index in [1.54, 1.807) is 0 Å². The largest absolute Gasteiger partial charge is 0.379 e. The van der Waals surface area contributed by atoms with Crippen molar-refractivity contribution in [1.82, 2.24) is 5.32 Å². The predicted molar refractivity (Wildman–Crippen MR) is 69.6 cm³/mol. The van der Waals surface area contributed by atoms with Crippen molar-refractivity contribution >= 4 is 11.6 Å². The van der Waals surface area contributed by atoms with Crippen LogP contribution in [0.2, 0.25) is 5.02 Å². The van der Waals surface area contributed by atoms with Crippen LogP contribution < -0.4 is 5.32 Å². The van der Waals surface area contributed by atoms with Crippen LogP contribution >= 0.6 is 11.6 Å². The molecule has 2 fully saturated rings. The van der Waals surface area contributed by atoms with E-state index in [4.69, 9.17) is 16.3 Å². The van der Waals surface area contributed by atoms with Crippen molar-refractivity contribution in [3.05, 3.63) is 34.9 Å². The van der Waals surface area contributed by atoms with Gasteiger partial charge >= 0.3 is 0 Å². The molecule has 92 valence electrons. The molecule has 2 heterocycles. The highest BCUT2D eigenvalue weighted by Gasteiger charge is 2.48. The maximum absolute atomic E-state index is 6.36. The molecule has 1 N–H and O–H groups in total. The molecular weight excluding hydrogens is 234 g/mol. The predicted octanol–water partition coefficient (Wildman–Crippen LogP) is 2.75. The van der Waals surface area contributed by atoms with E-state index in [-0.39, 0.29) is 5.41 Å². The lowest BCUT2D eigenvalue weighted by molar-refractivity contribution is -0.0826. The number of hydrogen-bond acceptors (Lipinski definition) is 2. The van der Waals surface area contributed by atoms with Gasteiger partial charge in [-0.3, -0.25) is 0 Å². The fraction of sp³-hybridized carbons (Fsp3) is 0.571. The lowest BCUT2D eigenvalue weighted by Crippen LogP contribution is -2.61. The Hall–Kier alpha value is -0.570. The molecular formula is C14H18ClNO. The summed E-state index contributed by atoms with van der Waals surface area (Å²) in [5.41, 5.74) is 1.37.